The van der Waals surface area contributed by atoms with Crippen molar-refractivity contribution in [1.29, 1.82) is 0 Å². The molecule has 0 saturated heterocycles. The molecule has 2 aromatic carbocycles. The van der Waals surface area contributed by atoms with Crippen LogP contribution < -0.4 is 5.56 Å². The average molecular weight is 409 g/mol. The fourth-order valence-corrected chi connectivity index (χ4v) is 3.36. The van der Waals surface area contributed by atoms with E-state index in [9.17, 15) is 4.79 Å². The van der Waals surface area contributed by atoms with Crippen molar-refractivity contribution in [2.24, 2.45) is 0 Å². The molecule has 0 unspecified atom stereocenters. The van der Waals surface area contributed by atoms with E-state index in [2.05, 4.69) is 15.0 Å². The molecule has 4 rings (SSSR count). The molecule has 2 aromatic heterocycles. The Bertz CT molecular complexity index is 1210. The van der Waals surface area contributed by atoms with Gasteiger partial charge in [-0.2, -0.15) is 0 Å². The predicted molar refractivity (Wildman–Crippen MR) is 114 cm³/mol. The number of aryl methyl sites for hydroxylation is 1. The summed E-state index contributed by atoms with van der Waals surface area (Å²) in [7, 11) is 1.95. The summed E-state index contributed by atoms with van der Waals surface area (Å²) in [5, 5.41) is 1.26. The van der Waals surface area contributed by atoms with Crippen LogP contribution in [0.25, 0.3) is 22.2 Å². The zero-order valence-corrected chi connectivity index (χ0v) is 17.2. The van der Waals surface area contributed by atoms with E-state index >= 15 is 0 Å². The first-order chi connectivity index (χ1) is 13.9. The minimum Gasteiger partial charge on any atom is -0.439 e. The molecule has 0 aliphatic rings. The van der Waals surface area contributed by atoms with Crippen LogP contribution in [0.5, 0.6) is 0 Å². The number of hydrogen-bond acceptors (Lipinski definition) is 5. The van der Waals surface area contributed by atoms with Crippen molar-refractivity contribution in [3.63, 3.8) is 0 Å². The van der Waals surface area contributed by atoms with Gasteiger partial charge < -0.3 is 9.40 Å². The predicted octanol–water partition coefficient (Wildman–Crippen LogP) is 4.73. The lowest BCUT2D eigenvalue weighted by molar-refractivity contribution is 0.213. The largest absolute Gasteiger partial charge is 0.439 e. The Kier molecular flexibility index (Phi) is 5.22. The van der Waals surface area contributed by atoms with E-state index in [0.29, 0.717) is 34.2 Å². The molecule has 0 aliphatic carbocycles. The molecule has 4 aromatic rings. The highest BCUT2D eigenvalue weighted by atomic mass is 35.5. The van der Waals surface area contributed by atoms with Gasteiger partial charge in [0.15, 0.2) is 5.76 Å². The highest BCUT2D eigenvalue weighted by Crippen LogP contribution is 2.29. The lowest BCUT2D eigenvalue weighted by Gasteiger charge is -2.21. The van der Waals surface area contributed by atoms with E-state index in [1.807, 2.05) is 68.3 Å². The normalized spacial score (nSPS) is 12.6. The maximum Gasteiger partial charge on any atom is 0.258 e. The highest BCUT2D eigenvalue weighted by molar-refractivity contribution is 6.30. The van der Waals surface area contributed by atoms with Crippen LogP contribution in [0.2, 0.25) is 5.02 Å². The SMILES string of the molecule is Cc1nc([C@H](C)N(C)Cc2nc3ccccc3c(=O)[nH]2)oc1-c1ccc(Cl)cc1. The summed E-state index contributed by atoms with van der Waals surface area (Å²) in [6, 6.07) is 14.7. The van der Waals surface area contributed by atoms with E-state index in [1.54, 1.807) is 6.07 Å². The fourth-order valence-electron chi connectivity index (χ4n) is 3.24. The van der Waals surface area contributed by atoms with E-state index in [4.69, 9.17) is 16.0 Å². The first kappa shape index (κ1) is 19.4. The average Bonchev–Trinajstić information content (AvgIpc) is 3.09. The van der Waals surface area contributed by atoms with Crippen molar-refractivity contribution < 1.29 is 4.42 Å². The first-order valence-electron chi connectivity index (χ1n) is 9.34. The van der Waals surface area contributed by atoms with E-state index in [0.717, 1.165) is 17.0 Å². The summed E-state index contributed by atoms with van der Waals surface area (Å²) in [5.41, 5.74) is 2.30. The van der Waals surface area contributed by atoms with Crippen LogP contribution in [-0.2, 0) is 6.54 Å². The lowest BCUT2D eigenvalue weighted by Crippen LogP contribution is -2.25. The molecular formula is C22H21ClN4O2. The molecule has 0 radical (unpaired) electrons. The summed E-state index contributed by atoms with van der Waals surface area (Å²) >= 11 is 5.98. The van der Waals surface area contributed by atoms with Gasteiger partial charge in [0.2, 0.25) is 5.89 Å². The second kappa shape index (κ2) is 7.81. The summed E-state index contributed by atoms with van der Waals surface area (Å²) in [4.78, 5) is 26.4. The molecular weight excluding hydrogens is 388 g/mol. The summed E-state index contributed by atoms with van der Waals surface area (Å²) < 4.78 is 6.07. The Hall–Kier alpha value is -2.96. The van der Waals surface area contributed by atoms with Crippen molar-refractivity contribution in [1.82, 2.24) is 19.9 Å². The number of nitrogens with zero attached hydrogens (tertiary/aromatic N) is 3. The van der Waals surface area contributed by atoms with Crippen molar-refractivity contribution >= 4 is 22.5 Å². The molecule has 148 valence electrons. The van der Waals surface area contributed by atoms with Crippen LogP contribution in [0.4, 0.5) is 0 Å². The summed E-state index contributed by atoms with van der Waals surface area (Å²) in [6.45, 7) is 4.39. The lowest BCUT2D eigenvalue weighted by atomic mass is 10.1. The number of para-hydroxylation sites is 1. The second-order valence-corrected chi connectivity index (χ2v) is 7.53. The maximum absolute atomic E-state index is 12.3. The Morgan fingerprint density at radius 3 is 2.62 bits per heavy atom. The zero-order chi connectivity index (χ0) is 20.5. The molecule has 7 heteroatoms. The molecule has 29 heavy (non-hydrogen) atoms. The quantitative estimate of drug-likeness (QED) is 0.516. The van der Waals surface area contributed by atoms with Gasteiger partial charge in [-0.25, -0.2) is 9.97 Å². The Morgan fingerprint density at radius 1 is 1.14 bits per heavy atom. The topological polar surface area (TPSA) is 75.0 Å². The van der Waals surface area contributed by atoms with Gasteiger partial charge >= 0.3 is 0 Å². The minimum absolute atomic E-state index is 0.105. The van der Waals surface area contributed by atoms with Crippen LogP contribution in [0, 0.1) is 6.92 Å². The second-order valence-electron chi connectivity index (χ2n) is 7.09. The highest BCUT2D eigenvalue weighted by Gasteiger charge is 2.21. The van der Waals surface area contributed by atoms with Crippen molar-refractivity contribution in [3.8, 4) is 11.3 Å². The molecule has 0 spiro atoms. The number of aromatic amines is 1. The van der Waals surface area contributed by atoms with Gasteiger partial charge in [-0.15, -0.1) is 0 Å². The van der Waals surface area contributed by atoms with Crippen LogP contribution in [0.15, 0.2) is 57.7 Å². The number of hydrogen-bond donors (Lipinski definition) is 1. The standard InChI is InChI=1S/C22H21ClN4O2/c1-13-20(15-8-10-16(23)11-9-15)29-22(24-13)14(2)27(3)12-19-25-18-7-5-4-6-17(18)21(28)26-19/h4-11,14H,12H2,1-3H3,(H,25,26,28)/t14-/m0/s1. The first-order valence-corrected chi connectivity index (χ1v) is 9.71. The molecule has 0 fully saturated rings. The van der Waals surface area contributed by atoms with Crippen LogP contribution in [0.1, 0.15) is 30.4 Å². The molecule has 1 N–H and O–H groups in total. The van der Waals surface area contributed by atoms with Gasteiger partial charge in [-0.05, 0) is 57.3 Å². The van der Waals surface area contributed by atoms with Crippen molar-refractivity contribution in [2.45, 2.75) is 26.4 Å². The maximum atomic E-state index is 12.3. The molecule has 1 atom stereocenters. The van der Waals surface area contributed by atoms with Crippen molar-refractivity contribution in [2.75, 3.05) is 7.05 Å². The molecule has 6 nitrogen and oxygen atoms in total. The number of fused-ring (bicyclic) bond motifs is 1. The van der Waals surface area contributed by atoms with Gasteiger partial charge in [0, 0.05) is 10.6 Å². The van der Waals surface area contributed by atoms with Crippen LogP contribution >= 0.6 is 11.6 Å². The molecule has 0 saturated carbocycles. The molecule has 0 aliphatic heterocycles. The number of rotatable bonds is 5. The van der Waals surface area contributed by atoms with Gasteiger partial charge in [0.1, 0.15) is 5.82 Å². The number of nitrogens with one attached hydrogen (secondary N) is 1. The Balaban J connectivity index is 1.57. The van der Waals surface area contributed by atoms with Crippen LogP contribution in [-0.4, -0.2) is 26.9 Å². The third-order valence-corrected chi connectivity index (χ3v) is 5.25. The third kappa shape index (κ3) is 3.95. The Labute approximate surface area is 173 Å². The Morgan fingerprint density at radius 2 is 1.86 bits per heavy atom. The van der Waals surface area contributed by atoms with Crippen LogP contribution in [0.3, 0.4) is 0 Å². The number of halogens is 1. The zero-order valence-electron chi connectivity index (χ0n) is 16.4. The van der Waals surface area contributed by atoms with E-state index < -0.39 is 0 Å². The van der Waals surface area contributed by atoms with E-state index in [1.165, 1.54) is 0 Å². The number of aromatic nitrogens is 3. The monoisotopic (exact) mass is 408 g/mol. The van der Waals surface area contributed by atoms with E-state index in [-0.39, 0.29) is 11.6 Å². The van der Waals surface area contributed by atoms with Gasteiger partial charge in [-0.3, -0.25) is 9.69 Å². The third-order valence-electron chi connectivity index (χ3n) is 5.00. The van der Waals surface area contributed by atoms with Crippen molar-refractivity contribution in [3.05, 3.63) is 81.3 Å². The number of H-pyrrole nitrogens is 1. The smallest absolute Gasteiger partial charge is 0.258 e. The fraction of sp³-hybridized carbons (Fsp3) is 0.227. The summed E-state index contributed by atoms with van der Waals surface area (Å²) in [6.07, 6.45) is 0. The van der Waals surface area contributed by atoms with Gasteiger partial charge in [0.05, 0.1) is 29.2 Å². The number of benzene rings is 2. The van der Waals surface area contributed by atoms with Gasteiger partial charge in [0.25, 0.3) is 5.56 Å². The molecule has 0 amide bonds. The van der Waals surface area contributed by atoms with Gasteiger partial charge in [-0.1, -0.05) is 23.7 Å². The molecule has 0 bridgehead atoms. The number of oxazole rings is 1. The summed E-state index contributed by atoms with van der Waals surface area (Å²) in [5.74, 6) is 1.94. The molecule has 2 heterocycles. The minimum atomic E-state index is -0.136.